The molecule has 38 heavy (non-hydrogen) atoms. The van der Waals surface area contributed by atoms with Gasteiger partial charge in [-0.15, -0.1) is 5.11 Å². The summed E-state index contributed by atoms with van der Waals surface area (Å²) in [5.74, 6) is 0.209. The number of likely N-dealkylation sites (N-methyl/N-ethyl adjacent to an activating group) is 1. The van der Waals surface area contributed by atoms with Crippen LogP contribution in [0.4, 0.5) is 5.95 Å². The lowest BCUT2D eigenvalue weighted by atomic mass is 9.26. The predicted molar refractivity (Wildman–Crippen MR) is 145 cm³/mol. The smallest absolute Gasteiger partial charge is 0.251 e. The molecule has 0 aliphatic carbocycles. The Morgan fingerprint density at radius 1 is 1.08 bits per heavy atom. The largest absolute Gasteiger partial charge is 0.383 e. The maximum absolute atomic E-state index is 10.6. The van der Waals surface area contributed by atoms with E-state index in [2.05, 4.69) is 30.9 Å². The summed E-state index contributed by atoms with van der Waals surface area (Å²) in [4.78, 5) is 25.4. The summed E-state index contributed by atoms with van der Waals surface area (Å²) in [5.41, 5.74) is 6.21. The van der Waals surface area contributed by atoms with Crippen molar-refractivity contribution in [2.24, 2.45) is 0 Å². The van der Waals surface area contributed by atoms with Gasteiger partial charge in [0.25, 0.3) is 5.91 Å². The molecule has 182 valence electrons. The van der Waals surface area contributed by atoms with Crippen molar-refractivity contribution in [1.82, 2.24) is 35.4 Å². The molecule has 5 rings (SSSR count). The molecule has 1 saturated heterocycles. The number of carbonyl (C=O) groups excluding carboxylic acids is 1. The van der Waals surface area contributed by atoms with E-state index in [4.69, 9.17) is 48.9 Å². The summed E-state index contributed by atoms with van der Waals surface area (Å²) in [6, 6.07) is 9.03. The second-order valence-corrected chi connectivity index (χ2v) is 8.87. The molecule has 5 heterocycles. The number of hydrazine groups is 1. The third-order valence-electron chi connectivity index (χ3n) is 5.86. The van der Waals surface area contributed by atoms with Crippen LogP contribution in [0.15, 0.2) is 59.2 Å². The Morgan fingerprint density at radius 3 is 2.37 bits per heavy atom. The van der Waals surface area contributed by atoms with E-state index < -0.39 is 16.6 Å². The highest BCUT2D eigenvalue weighted by molar-refractivity contribution is 6.67. The number of aliphatic hydroxyl groups excluding tert-OH is 1. The van der Waals surface area contributed by atoms with E-state index in [-0.39, 0.29) is 5.91 Å². The third kappa shape index (κ3) is 6.13. The Hall–Kier alpha value is -3.51. The van der Waals surface area contributed by atoms with Crippen molar-refractivity contribution < 1.29 is 14.4 Å². The zero-order valence-electron chi connectivity index (χ0n) is 20.7. The van der Waals surface area contributed by atoms with Gasteiger partial charge in [-0.1, -0.05) is 11.2 Å². The zero-order chi connectivity index (χ0) is 27.5. The molecule has 0 bridgehead atoms. The molecule has 1 unspecified atom stereocenters. The zero-order valence-corrected chi connectivity index (χ0v) is 20.7. The highest BCUT2D eigenvalue weighted by Gasteiger charge is 2.36. The maximum atomic E-state index is 10.6. The van der Waals surface area contributed by atoms with Crippen LogP contribution in [0.1, 0.15) is 6.42 Å². The fraction of sp³-hybridized carbons (Fsp3) is 0.318. The molecular formula is C22H21B5N8O3. The molecule has 16 heteroatoms. The van der Waals surface area contributed by atoms with Crippen molar-refractivity contribution in [3.05, 3.63) is 54.7 Å². The Morgan fingerprint density at radius 2 is 1.79 bits per heavy atom. The second-order valence-electron chi connectivity index (χ2n) is 8.87. The SMILES string of the molecule is CN1CCC(O)C1=O.[B]C([B])([B])C([B])([B])N1C=C(Nc2nccc(-c3cccc(-c4ccon4)n3)n2)CN1. The second kappa shape index (κ2) is 11.1. The fourth-order valence-corrected chi connectivity index (χ4v) is 3.51. The standard InChI is InChI=1S/C17H12B5N7O.C5H9NO2/c18-16(19,20)17(21,22)29-9-10(8-24-29)25-15-23-6-4-13(27-15)11-2-1-3-12(26-11)14-5-7-30-28-14;1-6-3-2-4(7)5(6)8/h1-7,9,24H,8H2,(H,23,25,27);4,7H,2-3H2,1H3. The average molecular weight is 500 g/mol. The van der Waals surface area contributed by atoms with Crippen LogP contribution in [0.25, 0.3) is 22.8 Å². The molecule has 0 aromatic carbocycles. The lowest BCUT2D eigenvalue weighted by molar-refractivity contribution is -0.133. The van der Waals surface area contributed by atoms with E-state index in [9.17, 15) is 4.79 Å². The van der Waals surface area contributed by atoms with E-state index in [1.54, 1.807) is 31.6 Å². The molecule has 2 aliphatic rings. The minimum atomic E-state index is -1.84. The quantitative estimate of drug-likeness (QED) is 0.365. The summed E-state index contributed by atoms with van der Waals surface area (Å²) in [6.45, 7) is 1.06. The number of anilines is 1. The molecule has 11 nitrogen and oxygen atoms in total. The van der Waals surface area contributed by atoms with Crippen LogP contribution in [-0.4, -0.2) is 112 Å². The maximum Gasteiger partial charge on any atom is 0.251 e. The first-order valence-electron chi connectivity index (χ1n) is 11.5. The van der Waals surface area contributed by atoms with Gasteiger partial charge in [-0.2, -0.15) is 0 Å². The predicted octanol–water partition coefficient (Wildman–Crippen LogP) is -0.953. The lowest BCUT2D eigenvalue weighted by Gasteiger charge is -2.48. The number of carbonyl (C=O) groups is 1. The normalized spacial score (nSPS) is 17.7. The van der Waals surface area contributed by atoms with Crippen LogP contribution in [-0.2, 0) is 4.79 Å². The Labute approximate surface area is 226 Å². The third-order valence-corrected chi connectivity index (χ3v) is 5.86. The van der Waals surface area contributed by atoms with Crippen LogP contribution in [0.2, 0.25) is 5.11 Å². The molecule has 3 N–H and O–H groups in total. The number of likely N-dealkylation sites (tertiary alicyclic amines) is 1. The topological polar surface area (TPSA) is 133 Å². The van der Waals surface area contributed by atoms with E-state index in [0.29, 0.717) is 53.9 Å². The minimum Gasteiger partial charge on any atom is -0.383 e. The van der Waals surface area contributed by atoms with Crippen molar-refractivity contribution in [3.63, 3.8) is 0 Å². The highest BCUT2D eigenvalue weighted by Crippen LogP contribution is 2.29. The number of hydrogen-bond donors (Lipinski definition) is 3. The number of rotatable bonds is 6. The van der Waals surface area contributed by atoms with E-state index in [1.165, 1.54) is 16.2 Å². The summed E-state index contributed by atoms with van der Waals surface area (Å²) in [6.07, 6.45) is 4.58. The van der Waals surface area contributed by atoms with Crippen molar-refractivity contribution in [2.45, 2.75) is 23.0 Å². The first kappa shape index (κ1) is 27.5. The van der Waals surface area contributed by atoms with Crippen LogP contribution in [0.5, 0.6) is 0 Å². The van der Waals surface area contributed by atoms with Crippen molar-refractivity contribution in [2.75, 3.05) is 25.5 Å². The van der Waals surface area contributed by atoms with Gasteiger partial charge < -0.3 is 24.9 Å². The Balaban J connectivity index is 0.000000360. The van der Waals surface area contributed by atoms with E-state index in [0.717, 1.165) is 0 Å². The Bertz CT molecular complexity index is 1290. The van der Waals surface area contributed by atoms with Crippen LogP contribution in [0, 0.1) is 0 Å². The van der Waals surface area contributed by atoms with Crippen molar-refractivity contribution in [3.8, 4) is 22.8 Å². The van der Waals surface area contributed by atoms with E-state index in [1.807, 2.05) is 18.2 Å². The van der Waals surface area contributed by atoms with Gasteiger partial charge in [-0.05, 0) is 30.0 Å². The van der Waals surface area contributed by atoms with E-state index >= 15 is 0 Å². The van der Waals surface area contributed by atoms with Crippen LogP contribution >= 0.6 is 0 Å². The van der Waals surface area contributed by atoms with Gasteiger partial charge in [0.15, 0.2) is 0 Å². The number of nitrogens with zero attached hydrogens (tertiary/aromatic N) is 6. The van der Waals surface area contributed by atoms with Gasteiger partial charge in [-0.3, -0.25) is 4.79 Å². The van der Waals surface area contributed by atoms with Gasteiger partial charge in [0.05, 0.1) is 68.6 Å². The first-order valence-corrected chi connectivity index (χ1v) is 11.5. The van der Waals surface area contributed by atoms with Gasteiger partial charge >= 0.3 is 0 Å². The number of hydrogen-bond acceptors (Lipinski definition) is 10. The monoisotopic (exact) mass is 500 g/mol. The summed E-state index contributed by atoms with van der Waals surface area (Å²) >= 11 is 0. The van der Waals surface area contributed by atoms with Crippen LogP contribution < -0.4 is 10.7 Å². The van der Waals surface area contributed by atoms with Gasteiger partial charge in [-0.25, -0.2) is 20.4 Å². The number of amides is 1. The number of aliphatic hydroxyl groups is 1. The highest BCUT2D eigenvalue weighted by atomic mass is 16.5. The van der Waals surface area contributed by atoms with Crippen molar-refractivity contribution in [1.29, 1.82) is 0 Å². The van der Waals surface area contributed by atoms with Gasteiger partial charge in [0.2, 0.25) is 5.95 Å². The first-order chi connectivity index (χ1) is 18.0. The molecule has 0 saturated carbocycles. The molecule has 0 spiro atoms. The van der Waals surface area contributed by atoms with Crippen LogP contribution in [0.3, 0.4) is 0 Å². The molecule has 2 aliphatic heterocycles. The summed E-state index contributed by atoms with van der Waals surface area (Å²) < 4.78 is 4.88. The molecule has 3 aromatic heterocycles. The molecule has 1 fully saturated rings. The minimum absolute atomic E-state index is 0.148. The summed E-state index contributed by atoms with van der Waals surface area (Å²) in [7, 11) is 30.6. The molecular weight excluding hydrogens is 478 g/mol. The fourth-order valence-electron chi connectivity index (χ4n) is 3.51. The summed E-state index contributed by atoms with van der Waals surface area (Å²) in [5, 5.41) is 13.5. The van der Waals surface area contributed by atoms with Gasteiger partial charge in [0, 0.05) is 32.1 Å². The molecule has 1 amide bonds. The van der Waals surface area contributed by atoms with Crippen molar-refractivity contribution >= 4 is 51.1 Å². The molecule has 3 aromatic rings. The Kier molecular flexibility index (Phi) is 8.03. The average Bonchev–Trinajstić information content (AvgIpc) is 3.64. The number of nitrogens with one attached hydrogen (secondary N) is 2. The molecule has 10 radical (unpaired) electrons. The number of aromatic nitrogens is 4. The number of pyridine rings is 1. The van der Waals surface area contributed by atoms with Gasteiger partial charge in [0.1, 0.15) is 18.1 Å². The lowest BCUT2D eigenvalue weighted by Crippen LogP contribution is -2.60. The molecule has 1 atom stereocenters.